The maximum atomic E-state index is 12.1. The van der Waals surface area contributed by atoms with Crippen molar-refractivity contribution in [3.63, 3.8) is 0 Å². The van der Waals surface area contributed by atoms with Gasteiger partial charge < -0.3 is 10.2 Å². The summed E-state index contributed by atoms with van der Waals surface area (Å²) in [5, 5.41) is 3.34. The van der Waals surface area contributed by atoms with E-state index in [-0.39, 0.29) is 5.91 Å². The highest BCUT2D eigenvalue weighted by Gasteiger charge is 2.11. The van der Waals surface area contributed by atoms with Crippen LogP contribution < -0.4 is 5.32 Å². The van der Waals surface area contributed by atoms with Crippen LogP contribution in [0.3, 0.4) is 0 Å². The fraction of sp³-hybridized carbons (Fsp3) is 0.533. The second-order valence-corrected chi connectivity index (χ2v) is 4.34. The van der Waals surface area contributed by atoms with Gasteiger partial charge in [-0.3, -0.25) is 4.79 Å². The molecule has 0 spiro atoms. The first-order valence-electron chi connectivity index (χ1n) is 6.86. The minimum absolute atomic E-state index is 0.111. The van der Waals surface area contributed by atoms with Crippen molar-refractivity contribution >= 4 is 11.6 Å². The van der Waals surface area contributed by atoms with Crippen LogP contribution in [-0.4, -0.2) is 30.4 Å². The molecule has 18 heavy (non-hydrogen) atoms. The van der Waals surface area contributed by atoms with E-state index >= 15 is 0 Å². The first-order valence-corrected chi connectivity index (χ1v) is 6.86. The van der Waals surface area contributed by atoms with Crippen molar-refractivity contribution in [1.29, 1.82) is 0 Å². The standard InChI is InChI=1S/C15H24N2O/c1-4-7-12-16-14-10-8-13(9-11-14)15(18)17(5-2)6-3/h8-11,16H,4-7,12H2,1-3H3. The lowest BCUT2D eigenvalue weighted by atomic mass is 10.1. The van der Waals surface area contributed by atoms with Crippen molar-refractivity contribution in [3.05, 3.63) is 29.8 Å². The van der Waals surface area contributed by atoms with E-state index in [4.69, 9.17) is 0 Å². The number of carbonyl (C=O) groups excluding carboxylic acids is 1. The molecule has 0 aliphatic carbocycles. The van der Waals surface area contributed by atoms with E-state index in [2.05, 4.69) is 12.2 Å². The van der Waals surface area contributed by atoms with Gasteiger partial charge in [-0.1, -0.05) is 13.3 Å². The van der Waals surface area contributed by atoms with E-state index in [9.17, 15) is 4.79 Å². The molecule has 3 nitrogen and oxygen atoms in total. The predicted molar refractivity (Wildman–Crippen MR) is 77.1 cm³/mol. The number of unbranched alkanes of at least 4 members (excludes halogenated alkanes) is 1. The SMILES string of the molecule is CCCCNc1ccc(C(=O)N(CC)CC)cc1. The van der Waals surface area contributed by atoms with Gasteiger partial charge in [-0.05, 0) is 44.5 Å². The van der Waals surface area contributed by atoms with Gasteiger partial charge in [0.15, 0.2) is 0 Å². The third kappa shape index (κ3) is 4.06. The van der Waals surface area contributed by atoms with Gasteiger partial charge in [-0.2, -0.15) is 0 Å². The van der Waals surface area contributed by atoms with Gasteiger partial charge in [0.05, 0.1) is 0 Å². The van der Waals surface area contributed by atoms with E-state index in [0.29, 0.717) is 0 Å². The van der Waals surface area contributed by atoms with Crippen LogP contribution in [-0.2, 0) is 0 Å². The van der Waals surface area contributed by atoms with E-state index in [1.54, 1.807) is 0 Å². The molecule has 0 atom stereocenters. The molecule has 0 fully saturated rings. The molecule has 0 bridgehead atoms. The summed E-state index contributed by atoms with van der Waals surface area (Å²) in [6.07, 6.45) is 2.35. The molecule has 0 radical (unpaired) electrons. The van der Waals surface area contributed by atoms with Gasteiger partial charge in [0.25, 0.3) is 5.91 Å². The molecule has 100 valence electrons. The highest BCUT2D eigenvalue weighted by atomic mass is 16.2. The lowest BCUT2D eigenvalue weighted by Gasteiger charge is -2.18. The first kappa shape index (κ1) is 14.6. The summed E-state index contributed by atoms with van der Waals surface area (Å²) < 4.78 is 0. The van der Waals surface area contributed by atoms with Gasteiger partial charge in [0.2, 0.25) is 0 Å². The van der Waals surface area contributed by atoms with Crippen LogP contribution in [0.15, 0.2) is 24.3 Å². The van der Waals surface area contributed by atoms with E-state index in [0.717, 1.165) is 30.9 Å². The Balaban J connectivity index is 2.61. The van der Waals surface area contributed by atoms with Crippen LogP contribution in [0.4, 0.5) is 5.69 Å². The number of rotatable bonds is 7. The number of hydrogen-bond acceptors (Lipinski definition) is 2. The Morgan fingerprint density at radius 3 is 2.22 bits per heavy atom. The number of amides is 1. The smallest absolute Gasteiger partial charge is 0.253 e. The predicted octanol–water partition coefficient (Wildman–Crippen LogP) is 3.38. The number of anilines is 1. The molecule has 1 aromatic carbocycles. The molecule has 1 rings (SSSR count). The quantitative estimate of drug-likeness (QED) is 0.750. The van der Waals surface area contributed by atoms with Crippen molar-refractivity contribution in [2.75, 3.05) is 25.0 Å². The normalized spacial score (nSPS) is 10.2. The van der Waals surface area contributed by atoms with Crippen LogP contribution >= 0.6 is 0 Å². The molecule has 1 N–H and O–H groups in total. The highest BCUT2D eigenvalue weighted by Crippen LogP contribution is 2.11. The number of carbonyl (C=O) groups is 1. The fourth-order valence-electron chi connectivity index (χ4n) is 1.83. The molecule has 1 amide bonds. The number of benzene rings is 1. The van der Waals surface area contributed by atoms with Crippen LogP contribution in [0.1, 0.15) is 44.0 Å². The van der Waals surface area contributed by atoms with Gasteiger partial charge >= 0.3 is 0 Å². The van der Waals surface area contributed by atoms with Crippen LogP contribution in [0.25, 0.3) is 0 Å². The minimum Gasteiger partial charge on any atom is -0.385 e. The summed E-state index contributed by atoms with van der Waals surface area (Å²) in [7, 11) is 0. The van der Waals surface area contributed by atoms with Gasteiger partial charge in [0, 0.05) is 30.9 Å². The number of hydrogen-bond donors (Lipinski definition) is 1. The molecule has 0 aliphatic rings. The minimum atomic E-state index is 0.111. The topological polar surface area (TPSA) is 32.3 Å². The van der Waals surface area contributed by atoms with Gasteiger partial charge in [-0.25, -0.2) is 0 Å². The van der Waals surface area contributed by atoms with Crippen molar-refractivity contribution < 1.29 is 4.79 Å². The fourth-order valence-corrected chi connectivity index (χ4v) is 1.83. The second-order valence-electron chi connectivity index (χ2n) is 4.34. The molecular formula is C15H24N2O. The Kier molecular flexibility index (Phi) is 6.26. The zero-order valence-electron chi connectivity index (χ0n) is 11.7. The maximum Gasteiger partial charge on any atom is 0.253 e. The van der Waals surface area contributed by atoms with E-state index in [1.165, 1.54) is 12.8 Å². The number of nitrogens with zero attached hydrogens (tertiary/aromatic N) is 1. The zero-order valence-corrected chi connectivity index (χ0v) is 11.7. The average molecular weight is 248 g/mol. The first-order chi connectivity index (χ1) is 8.72. The maximum absolute atomic E-state index is 12.1. The lowest BCUT2D eigenvalue weighted by molar-refractivity contribution is 0.0773. The van der Waals surface area contributed by atoms with Crippen LogP contribution in [0.5, 0.6) is 0 Å². The highest BCUT2D eigenvalue weighted by molar-refractivity contribution is 5.94. The van der Waals surface area contributed by atoms with E-state index in [1.807, 2.05) is 43.0 Å². The van der Waals surface area contributed by atoms with Crippen molar-refractivity contribution in [1.82, 2.24) is 4.90 Å². The second kappa shape index (κ2) is 7.75. The van der Waals surface area contributed by atoms with Gasteiger partial charge in [-0.15, -0.1) is 0 Å². The average Bonchev–Trinajstić information content (AvgIpc) is 2.41. The summed E-state index contributed by atoms with van der Waals surface area (Å²) in [4.78, 5) is 13.9. The molecule has 0 saturated heterocycles. The Hall–Kier alpha value is -1.51. The molecule has 1 aromatic rings. The largest absolute Gasteiger partial charge is 0.385 e. The molecule has 3 heteroatoms. The van der Waals surface area contributed by atoms with Crippen molar-refractivity contribution in [2.45, 2.75) is 33.6 Å². The Labute approximate surface area is 110 Å². The summed E-state index contributed by atoms with van der Waals surface area (Å²) in [6, 6.07) is 7.75. The molecule has 0 aliphatic heterocycles. The molecule has 0 unspecified atom stereocenters. The zero-order chi connectivity index (χ0) is 13.4. The third-order valence-corrected chi connectivity index (χ3v) is 3.04. The Morgan fingerprint density at radius 2 is 1.72 bits per heavy atom. The van der Waals surface area contributed by atoms with Crippen LogP contribution in [0.2, 0.25) is 0 Å². The summed E-state index contributed by atoms with van der Waals surface area (Å²) in [6.45, 7) is 8.68. The Morgan fingerprint density at radius 1 is 1.11 bits per heavy atom. The summed E-state index contributed by atoms with van der Waals surface area (Å²) >= 11 is 0. The molecule has 0 saturated carbocycles. The Bertz CT molecular complexity index is 355. The van der Waals surface area contributed by atoms with E-state index < -0.39 is 0 Å². The van der Waals surface area contributed by atoms with Crippen molar-refractivity contribution in [2.24, 2.45) is 0 Å². The summed E-state index contributed by atoms with van der Waals surface area (Å²) in [5.41, 5.74) is 1.85. The van der Waals surface area contributed by atoms with Gasteiger partial charge in [0.1, 0.15) is 0 Å². The van der Waals surface area contributed by atoms with Crippen LogP contribution in [0, 0.1) is 0 Å². The lowest BCUT2D eigenvalue weighted by Crippen LogP contribution is -2.30. The number of nitrogens with one attached hydrogen (secondary N) is 1. The molecule has 0 heterocycles. The third-order valence-electron chi connectivity index (χ3n) is 3.04. The molecule has 0 aromatic heterocycles. The van der Waals surface area contributed by atoms with Crippen molar-refractivity contribution in [3.8, 4) is 0 Å². The summed E-state index contributed by atoms with van der Waals surface area (Å²) in [5.74, 6) is 0.111. The monoisotopic (exact) mass is 248 g/mol. The molecular weight excluding hydrogens is 224 g/mol.